The van der Waals surface area contributed by atoms with E-state index in [0.29, 0.717) is 12.1 Å². The lowest BCUT2D eigenvalue weighted by atomic mass is 10.1. The highest BCUT2D eigenvalue weighted by Gasteiger charge is 2.11. The molecule has 0 saturated heterocycles. The molecule has 2 rings (SSSR count). The number of hydrogen-bond donors (Lipinski definition) is 1. The fourth-order valence-corrected chi connectivity index (χ4v) is 2.90. The lowest BCUT2D eigenvalue weighted by Gasteiger charge is -2.12. The average molecular weight is 291 g/mol. The highest BCUT2D eigenvalue weighted by atomic mass is 32.1. The number of carbonyl (C=O) groups is 1. The minimum Gasteiger partial charge on any atom is -0.481 e. The van der Waals surface area contributed by atoms with Crippen LogP contribution in [0.4, 0.5) is 0 Å². The third kappa shape index (κ3) is 3.17. The Morgan fingerprint density at radius 3 is 2.75 bits per heavy atom. The van der Waals surface area contributed by atoms with Crippen LogP contribution in [-0.4, -0.2) is 15.6 Å². The summed E-state index contributed by atoms with van der Waals surface area (Å²) in [5, 5.41) is 10.7. The van der Waals surface area contributed by atoms with Gasteiger partial charge in [-0.3, -0.25) is 9.59 Å². The topological polar surface area (TPSA) is 59.3 Å². The van der Waals surface area contributed by atoms with E-state index in [1.54, 1.807) is 22.0 Å². The molecule has 0 aliphatic heterocycles. The van der Waals surface area contributed by atoms with Gasteiger partial charge in [0.05, 0.1) is 10.6 Å². The van der Waals surface area contributed by atoms with Gasteiger partial charge in [0.25, 0.3) is 5.56 Å². The number of carboxylic acids is 1. The smallest absolute Gasteiger partial charge is 0.303 e. The molecule has 0 saturated carbocycles. The Labute approximate surface area is 121 Å². The predicted molar refractivity (Wildman–Crippen MR) is 80.3 cm³/mol. The summed E-state index contributed by atoms with van der Waals surface area (Å²) in [6.45, 7) is 2.67. The Hall–Kier alpha value is -1.88. The molecule has 2 heterocycles. The van der Waals surface area contributed by atoms with Crippen LogP contribution in [0.15, 0.2) is 34.4 Å². The van der Waals surface area contributed by atoms with Crippen LogP contribution in [0.5, 0.6) is 0 Å². The molecule has 0 spiro atoms. The number of pyridine rings is 1. The van der Waals surface area contributed by atoms with E-state index in [1.807, 2.05) is 30.5 Å². The van der Waals surface area contributed by atoms with Crippen LogP contribution in [-0.2, 0) is 17.8 Å². The largest absolute Gasteiger partial charge is 0.481 e. The fourth-order valence-electron chi connectivity index (χ4n) is 2.14. The molecule has 20 heavy (non-hydrogen) atoms. The highest BCUT2D eigenvalue weighted by Crippen LogP contribution is 2.24. The van der Waals surface area contributed by atoms with E-state index >= 15 is 0 Å². The summed E-state index contributed by atoms with van der Waals surface area (Å²) in [6, 6.07) is 7.62. The number of aryl methyl sites for hydroxylation is 1. The van der Waals surface area contributed by atoms with Crippen LogP contribution < -0.4 is 5.56 Å². The zero-order chi connectivity index (χ0) is 14.5. The van der Waals surface area contributed by atoms with E-state index < -0.39 is 5.97 Å². The first-order valence-electron chi connectivity index (χ1n) is 6.62. The quantitative estimate of drug-likeness (QED) is 0.890. The van der Waals surface area contributed by atoms with E-state index in [-0.39, 0.29) is 18.4 Å². The molecule has 0 unspecified atom stereocenters. The Morgan fingerprint density at radius 2 is 2.15 bits per heavy atom. The molecule has 2 aromatic heterocycles. The molecule has 0 bridgehead atoms. The van der Waals surface area contributed by atoms with Gasteiger partial charge in [0.1, 0.15) is 0 Å². The molecule has 0 amide bonds. The lowest BCUT2D eigenvalue weighted by molar-refractivity contribution is -0.136. The van der Waals surface area contributed by atoms with Crippen molar-refractivity contribution < 1.29 is 9.90 Å². The molecule has 0 fully saturated rings. The van der Waals surface area contributed by atoms with Crippen LogP contribution in [0.2, 0.25) is 0 Å². The van der Waals surface area contributed by atoms with Crippen molar-refractivity contribution in [2.24, 2.45) is 0 Å². The first-order chi connectivity index (χ1) is 9.63. The number of thiophene rings is 1. The third-order valence-electron chi connectivity index (χ3n) is 3.08. The number of aliphatic carboxylic acids is 1. The Balaban J connectivity index is 2.43. The molecule has 106 valence electrons. The van der Waals surface area contributed by atoms with Gasteiger partial charge in [0, 0.05) is 18.5 Å². The molecule has 0 aromatic carbocycles. The summed E-state index contributed by atoms with van der Waals surface area (Å²) in [7, 11) is 0. The van der Waals surface area contributed by atoms with Gasteiger partial charge in [0.2, 0.25) is 0 Å². The van der Waals surface area contributed by atoms with Gasteiger partial charge >= 0.3 is 5.97 Å². The molecule has 0 aliphatic rings. The van der Waals surface area contributed by atoms with Crippen molar-refractivity contribution in [2.75, 3.05) is 0 Å². The molecule has 0 aliphatic carbocycles. The summed E-state index contributed by atoms with van der Waals surface area (Å²) in [5.74, 6) is -0.881. The first kappa shape index (κ1) is 14.5. The molecule has 5 heteroatoms. The lowest BCUT2D eigenvalue weighted by Crippen LogP contribution is -2.25. The van der Waals surface area contributed by atoms with E-state index in [2.05, 4.69) is 0 Å². The zero-order valence-corrected chi connectivity index (χ0v) is 12.2. The van der Waals surface area contributed by atoms with Crippen LogP contribution >= 0.6 is 11.3 Å². The Kier molecular flexibility index (Phi) is 4.74. The maximum absolute atomic E-state index is 12.5. The van der Waals surface area contributed by atoms with Crippen LogP contribution in [0.1, 0.15) is 25.3 Å². The minimum absolute atomic E-state index is 0.0142. The molecular formula is C15H17NO3S. The van der Waals surface area contributed by atoms with Gasteiger partial charge in [-0.1, -0.05) is 19.1 Å². The highest BCUT2D eigenvalue weighted by molar-refractivity contribution is 7.13. The van der Waals surface area contributed by atoms with Gasteiger partial charge in [-0.15, -0.1) is 11.3 Å². The SMILES string of the molecule is CCCn1c(-c2cccs2)ccc(CCC(=O)O)c1=O. The van der Waals surface area contributed by atoms with Gasteiger partial charge in [-0.2, -0.15) is 0 Å². The third-order valence-corrected chi connectivity index (χ3v) is 3.97. The van der Waals surface area contributed by atoms with Gasteiger partial charge < -0.3 is 9.67 Å². The summed E-state index contributed by atoms with van der Waals surface area (Å²) in [5.41, 5.74) is 1.41. The minimum atomic E-state index is -0.881. The monoisotopic (exact) mass is 291 g/mol. The average Bonchev–Trinajstić information content (AvgIpc) is 2.93. The van der Waals surface area contributed by atoms with Crippen LogP contribution in [0.25, 0.3) is 10.6 Å². The molecule has 1 N–H and O–H groups in total. The van der Waals surface area contributed by atoms with Gasteiger partial charge in [-0.25, -0.2) is 0 Å². The summed E-state index contributed by atoms with van der Waals surface area (Å²) in [4.78, 5) is 24.2. The molecule has 0 atom stereocenters. The van der Waals surface area contributed by atoms with Crippen LogP contribution in [0, 0.1) is 0 Å². The zero-order valence-electron chi connectivity index (χ0n) is 11.3. The fraction of sp³-hybridized carbons (Fsp3) is 0.333. The van der Waals surface area contributed by atoms with Gasteiger partial charge in [-0.05, 0) is 30.4 Å². The second-order valence-corrected chi connectivity index (χ2v) is 5.52. The number of carboxylic acid groups (broad SMARTS) is 1. The van der Waals surface area contributed by atoms with Crippen molar-refractivity contribution in [3.63, 3.8) is 0 Å². The van der Waals surface area contributed by atoms with Crippen molar-refractivity contribution >= 4 is 17.3 Å². The molecule has 4 nitrogen and oxygen atoms in total. The molecular weight excluding hydrogens is 274 g/mol. The number of nitrogens with zero attached hydrogens (tertiary/aromatic N) is 1. The van der Waals surface area contributed by atoms with Crippen molar-refractivity contribution in [2.45, 2.75) is 32.7 Å². The standard InChI is InChI=1S/C15H17NO3S/c1-2-9-16-12(13-4-3-10-20-13)7-5-11(15(16)19)6-8-14(17)18/h3-5,7,10H,2,6,8-9H2,1H3,(H,17,18). The van der Waals surface area contributed by atoms with E-state index in [0.717, 1.165) is 17.0 Å². The number of aromatic nitrogens is 1. The summed E-state index contributed by atoms with van der Waals surface area (Å²) >= 11 is 1.60. The van der Waals surface area contributed by atoms with E-state index in [4.69, 9.17) is 5.11 Å². The number of rotatable bonds is 6. The van der Waals surface area contributed by atoms with Crippen LogP contribution in [0.3, 0.4) is 0 Å². The van der Waals surface area contributed by atoms with E-state index in [1.165, 1.54) is 0 Å². The second kappa shape index (κ2) is 6.52. The van der Waals surface area contributed by atoms with E-state index in [9.17, 15) is 9.59 Å². The van der Waals surface area contributed by atoms with Crippen molar-refractivity contribution in [1.82, 2.24) is 4.57 Å². The Morgan fingerprint density at radius 1 is 1.35 bits per heavy atom. The van der Waals surface area contributed by atoms with Crippen molar-refractivity contribution in [1.29, 1.82) is 0 Å². The van der Waals surface area contributed by atoms with Gasteiger partial charge in [0.15, 0.2) is 0 Å². The molecule has 0 radical (unpaired) electrons. The number of hydrogen-bond acceptors (Lipinski definition) is 3. The first-order valence-corrected chi connectivity index (χ1v) is 7.50. The predicted octanol–water partition coefficient (Wildman–Crippen LogP) is 3.00. The molecule has 2 aromatic rings. The van der Waals surface area contributed by atoms with Crippen molar-refractivity contribution in [3.05, 3.63) is 45.6 Å². The summed E-state index contributed by atoms with van der Waals surface area (Å²) < 4.78 is 1.75. The summed E-state index contributed by atoms with van der Waals surface area (Å²) in [6.07, 6.45) is 1.13. The maximum Gasteiger partial charge on any atom is 0.303 e. The normalized spacial score (nSPS) is 10.7. The Bertz CT molecular complexity index is 644. The maximum atomic E-state index is 12.5. The van der Waals surface area contributed by atoms with Crippen molar-refractivity contribution in [3.8, 4) is 10.6 Å². The second-order valence-electron chi connectivity index (χ2n) is 4.57.